The zero-order valence-electron chi connectivity index (χ0n) is 16.9. The molecule has 0 saturated heterocycles. The molecule has 2 nitrogen and oxygen atoms in total. The zero-order valence-corrected chi connectivity index (χ0v) is 16.9. The van der Waals surface area contributed by atoms with Gasteiger partial charge < -0.3 is 10.0 Å². The van der Waals surface area contributed by atoms with Gasteiger partial charge in [-0.3, -0.25) is 0 Å². The fourth-order valence-electron chi connectivity index (χ4n) is 4.09. The van der Waals surface area contributed by atoms with Crippen LogP contribution in [-0.2, 0) is 0 Å². The molecule has 0 radical (unpaired) electrons. The summed E-state index contributed by atoms with van der Waals surface area (Å²) in [5, 5.41) is 10.3. The minimum atomic E-state index is 0.264. The van der Waals surface area contributed by atoms with Gasteiger partial charge in [0, 0.05) is 11.5 Å². The molecule has 1 fully saturated rings. The normalized spacial score (nSPS) is 32.6. The second kappa shape index (κ2) is 10.9. The summed E-state index contributed by atoms with van der Waals surface area (Å²) in [4.78, 5) is 2.51. The maximum atomic E-state index is 10.3. The van der Waals surface area contributed by atoms with Crippen LogP contribution in [0.1, 0.15) is 74.1 Å². The number of rotatable bonds is 3. The smallest absolute Gasteiger partial charge is 0.0922 e. The van der Waals surface area contributed by atoms with Gasteiger partial charge in [-0.25, -0.2) is 0 Å². The summed E-state index contributed by atoms with van der Waals surface area (Å²) >= 11 is 0. The van der Waals surface area contributed by atoms with Crippen molar-refractivity contribution in [2.24, 2.45) is 17.8 Å². The lowest BCUT2D eigenvalue weighted by Crippen LogP contribution is -2.54. The molecule has 1 saturated carbocycles. The number of aliphatic hydroxyl groups excluding tert-OH is 1. The van der Waals surface area contributed by atoms with Crippen LogP contribution in [0.25, 0.3) is 0 Å². The van der Waals surface area contributed by atoms with E-state index in [4.69, 9.17) is 0 Å². The predicted octanol–water partition coefficient (Wildman–Crippen LogP) is 6.20. The van der Waals surface area contributed by atoms with Gasteiger partial charge in [0.25, 0.3) is 0 Å². The van der Waals surface area contributed by atoms with Crippen LogP contribution >= 0.6 is 0 Å². The number of aliphatic hydroxyl groups is 1. The first-order chi connectivity index (χ1) is 11.0. The topological polar surface area (TPSA) is 23.5 Å². The Labute approximate surface area is 145 Å². The molecular weight excluding hydrogens is 282 g/mol. The molecule has 2 heteroatoms. The fourth-order valence-corrected chi connectivity index (χ4v) is 4.09. The molecule has 0 aliphatic heterocycles. The van der Waals surface area contributed by atoms with Gasteiger partial charge in [0.2, 0.25) is 0 Å². The molecule has 0 aromatic rings. The highest BCUT2D eigenvalue weighted by Gasteiger charge is 2.46. The Kier molecular flexibility index (Phi) is 10.6. The van der Waals surface area contributed by atoms with Crippen molar-refractivity contribution >= 4 is 0 Å². The molecule has 4 atom stereocenters. The number of allylic oxidation sites excluding steroid dienone is 4. The van der Waals surface area contributed by atoms with Crippen LogP contribution in [-0.4, -0.2) is 29.1 Å². The predicted molar refractivity (Wildman–Crippen MR) is 104 cm³/mol. The fraction of sp³-hybridized carbons (Fsp3) is 0.810. The largest absolute Gasteiger partial charge is 0.512 e. The van der Waals surface area contributed by atoms with E-state index in [-0.39, 0.29) is 5.54 Å². The Bertz CT molecular complexity index is 374. The maximum absolute atomic E-state index is 10.3. The average Bonchev–Trinajstić information content (AvgIpc) is 2.78. The standard InChI is InChI=1S/C17H29NO.2C2H6/c1-5-14-11-15-13(9-7-8-10-16(15)19)12-17(14,3)18(4)6-2;2*1-2/h7,9-10,13-15,19H,5-6,8,11-12H2,1-4H3;2*1-2H3. The maximum Gasteiger partial charge on any atom is 0.0922 e. The third kappa shape index (κ3) is 5.11. The van der Waals surface area contributed by atoms with Crippen molar-refractivity contribution < 1.29 is 5.11 Å². The van der Waals surface area contributed by atoms with E-state index in [1.165, 1.54) is 6.42 Å². The Morgan fingerprint density at radius 3 is 2.35 bits per heavy atom. The molecule has 136 valence electrons. The van der Waals surface area contributed by atoms with Gasteiger partial charge in [0.05, 0.1) is 5.76 Å². The summed E-state index contributed by atoms with van der Waals surface area (Å²) in [6, 6.07) is 0. The van der Waals surface area contributed by atoms with Crippen molar-refractivity contribution in [3.05, 3.63) is 24.0 Å². The molecule has 2 aliphatic rings. The molecule has 0 amide bonds. The van der Waals surface area contributed by atoms with Crippen LogP contribution in [0, 0.1) is 17.8 Å². The van der Waals surface area contributed by atoms with Gasteiger partial charge in [-0.05, 0) is 57.7 Å². The molecule has 2 rings (SSSR count). The quantitative estimate of drug-likeness (QED) is 0.625. The van der Waals surface area contributed by atoms with Gasteiger partial charge in [-0.2, -0.15) is 0 Å². The third-order valence-electron chi connectivity index (χ3n) is 5.65. The number of hydrogen-bond donors (Lipinski definition) is 1. The molecule has 1 N–H and O–H groups in total. The average molecular weight is 324 g/mol. The van der Waals surface area contributed by atoms with E-state index in [9.17, 15) is 5.11 Å². The zero-order chi connectivity index (χ0) is 18.0. The van der Waals surface area contributed by atoms with E-state index < -0.39 is 0 Å². The van der Waals surface area contributed by atoms with Crippen molar-refractivity contribution in [3.8, 4) is 0 Å². The van der Waals surface area contributed by atoms with Crippen molar-refractivity contribution in [1.82, 2.24) is 4.90 Å². The van der Waals surface area contributed by atoms with Crippen LogP contribution in [0.4, 0.5) is 0 Å². The molecule has 2 aliphatic carbocycles. The highest BCUT2D eigenvalue weighted by Crippen LogP contribution is 2.48. The highest BCUT2D eigenvalue weighted by molar-refractivity contribution is 5.16. The molecular formula is C21H41NO. The first-order valence-corrected chi connectivity index (χ1v) is 9.79. The minimum Gasteiger partial charge on any atom is -0.512 e. The van der Waals surface area contributed by atoms with Crippen LogP contribution in [0.5, 0.6) is 0 Å². The van der Waals surface area contributed by atoms with E-state index in [1.54, 1.807) is 0 Å². The van der Waals surface area contributed by atoms with Gasteiger partial charge in [0.1, 0.15) is 0 Å². The molecule has 0 spiro atoms. The summed E-state index contributed by atoms with van der Waals surface area (Å²) in [6.45, 7) is 16.0. The minimum absolute atomic E-state index is 0.264. The second-order valence-electron chi connectivity index (χ2n) is 6.48. The van der Waals surface area contributed by atoms with Crippen LogP contribution < -0.4 is 0 Å². The van der Waals surface area contributed by atoms with Crippen molar-refractivity contribution in [3.63, 3.8) is 0 Å². The third-order valence-corrected chi connectivity index (χ3v) is 5.65. The summed E-state index contributed by atoms with van der Waals surface area (Å²) in [6.07, 6.45) is 10.9. The summed E-state index contributed by atoms with van der Waals surface area (Å²) < 4.78 is 0. The highest BCUT2D eigenvalue weighted by atomic mass is 16.3. The Morgan fingerprint density at radius 2 is 1.83 bits per heavy atom. The van der Waals surface area contributed by atoms with Crippen LogP contribution in [0.3, 0.4) is 0 Å². The molecule has 0 heterocycles. The first kappa shape index (κ1) is 22.2. The molecule has 23 heavy (non-hydrogen) atoms. The van der Waals surface area contributed by atoms with E-state index in [0.717, 1.165) is 25.8 Å². The van der Waals surface area contributed by atoms with E-state index >= 15 is 0 Å². The summed E-state index contributed by atoms with van der Waals surface area (Å²) in [7, 11) is 2.25. The molecule has 0 bridgehead atoms. The Morgan fingerprint density at radius 1 is 1.22 bits per heavy atom. The number of hydrogen-bond acceptors (Lipinski definition) is 2. The van der Waals surface area contributed by atoms with E-state index in [1.807, 2.05) is 33.8 Å². The number of fused-ring (bicyclic) bond motifs is 1. The first-order valence-electron chi connectivity index (χ1n) is 9.79. The molecule has 0 aromatic carbocycles. The van der Waals surface area contributed by atoms with E-state index in [2.05, 4.69) is 44.9 Å². The molecule has 0 aromatic heterocycles. The van der Waals surface area contributed by atoms with Crippen molar-refractivity contribution in [2.75, 3.05) is 13.6 Å². The van der Waals surface area contributed by atoms with Crippen LogP contribution in [0.2, 0.25) is 0 Å². The second-order valence-corrected chi connectivity index (χ2v) is 6.48. The van der Waals surface area contributed by atoms with Crippen molar-refractivity contribution in [1.29, 1.82) is 0 Å². The summed E-state index contributed by atoms with van der Waals surface area (Å²) in [5.74, 6) is 2.15. The Balaban J connectivity index is 0.00000112. The van der Waals surface area contributed by atoms with Gasteiger partial charge in [-0.15, -0.1) is 0 Å². The Hall–Kier alpha value is -0.760. The lowest BCUT2D eigenvalue weighted by atomic mass is 9.62. The van der Waals surface area contributed by atoms with E-state index in [0.29, 0.717) is 23.5 Å². The van der Waals surface area contributed by atoms with Crippen molar-refractivity contribution in [2.45, 2.75) is 79.7 Å². The van der Waals surface area contributed by atoms with Gasteiger partial charge in [-0.1, -0.05) is 60.1 Å². The van der Waals surface area contributed by atoms with Crippen LogP contribution in [0.15, 0.2) is 24.0 Å². The lowest BCUT2D eigenvalue weighted by molar-refractivity contribution is -0.00265. The summed E-state index contributed by atoms with van der Waals surface area (Å²) in [5.41, 5.74) is 0.264. The number of nitrogens with zero attached hydrogens (tertiary/aromatic N) is 1. The SMILES string of the molecule is CC.CC.CCC1CC2C(O)=CCC=CC2CC1(C)N(C)CC. The van der Waals surface area contributed by atoms with Gasteiger partial charge in [0.15, 0.2) is 0 Å². The molecule has 4 unspecified atom stereocenters. The monoisotopic (exact) mass is 323 g/mol. The van der Waals surface area contributed by atoms with Gasteiger partial charge >= 0.3 is 0 Å². The lowest BCUT2D eigenvalue weighted by Gasteiger charge is -2.52.